The zero-order valence-corrected chi connectivity index (χ0v) is 7.63. The second-order valence-corrected chi connectivity index (χ2v) is 3.65. The molecule has 0 amide bonds. The number of hydrogen-bond acceptors (Lipinski definition) is 2. The second kappa shape index (κ2) is 2.94. The molecule has 1 aromatic heterocycles. The Bertz CT molecular complexity index is 267. The first-order valence-corrected chi connectivity index (χ1v) is 4.54. The van der Waals surface area contributed by atoms with E-state index in [4.69, 9.17) is 4.42 Å². The summed E-state index contributed by atoms with van der Waals surface area (Å²) in [5.74, 6) is 3.76. The maximum atomic E-state index is 5.66. The Hall–Kier alpha value is -0.760. The van der Waals surface area contributed by atoms with Crippen LogP contribution in [-0.2, 0) is 6.54 Å². The van der Waals surface area contributed by atoms with Crippen molar-refractivity contribution >= 4 is 0 Å². The van der Waals surface area contributed by atoms with Crippen LogP contribution in [0.4, 0.5) is 0 Å². The molecule has 2 nitrogen and oxygen atoms in total. The molecule has 0 saturated heterocycles. The quantitative estimate of drug-likeness (QED) is 0.742. The molecule has 0 unspecified atom stereocenters. The Morgan fingerprint density at radius 3 is 2.92 bits per heavy atom. The summed E-state index contributed by atoms with van der Waals surface area (Å²) in [4.78, 5) is 0. The summed E-state index contributed by atoms with van der Waals surface area (Å²) in [5.41, 5.74) is 0. The Labute approximate surface area is 73.0 Å². The minimum Gasteiger partial charge on any atom is -0.464 e. The summed E-state index contributed by atoms with van der Waals surface area (Å²) in [5, 5.41) is 3.07. The van der Waals surface area contributed by atoms with Crippen LogP contribution in [-0.4, -0.2) is 7.05 Å². The van der Waals surface area contributed by atoms with Crippen molar-refractivity contribution in [1.82, 2.24) is 5.32 Å². The van der Waals surface area contributed by atoms with E-state index < -0.39 is 0 Å². The lowest BCUT2D eigenvalue weighted by Crippen LogP contribution is -2.03. The van der Waals surface area contributed by atoms with E-state index in [0.29, 0.717) is 5.92 Å². The van der Waals surface area contributed by atoms with Crippen LogP contribution in [0.2, 0.25) is 0 Å². The van der Waals surface area contributed by atoms with Crippen molar-refractivity contribution < 1.29 is 4.42 Å². The van der Waals surface area contributed by atoms with Crippen LogP contribution in [0.3, 0.4) is 0 Å². The van der Waals surface area contributed by atoms with Crippen LogP contribution >= 0.6 is 0 Å². The first-order valence-electron chi connectivity index (χ1n) is 4.54. The van der Waals surface area contributed by atoms with Crippen molar-refractivity contribution in [2.75, 3.05) is 7.05 Å². The number of furan rings is 1. The van der Waals surface area contributed by atoms with Crippen molar-refractivity contribution in [3.05, 3.63) is 23.7 Å². The highest BCUT2D eigenvalue weighted by molar-refractivity contribution is 5.17. The molecular weight excluding hydrogens is 150 g/mol. The van der Waals surface area contributed by atoms with Crippen LogP contribution in [0.25, 0.3) is 0 Å². The topological polar surface area (TPSA) is 25.2 Å². The predicted octanol–water partition coefficient (Wildman–Crippen LogP) is 2.12. The van der Waals surface area contributed by atoms with Gasteiger partial charge in [-0.15, -0.1) is 0 Å². The zero-order valence-electron chi connectivity index (χ0n) is 7.63. The normalized spacial score (nSPS) is 27.5. The number of hydrogen-bond donors (Lipinski definition) is 1. The van der Waals surface area contributed by atoms with Gasteiger partial charge >= 0.3 is 0 Å². The molecule has 0 aliphatic heterocycles. The van der Waals surface area contributed by atoms with Gasteiger partial charge in [-0.3, -0.25) is 0 Å². The summed E-state index contributed by atoms with van der Waals surface area (Å²) in [6.07, 6.45) is 1.30. The molecule has 0 bridgehead atoms. The summed E-state index contributed by atoms with van der Waals surface area (Å²) in [6, 6.07) is 4.18. The Morgan fingerprint density at radius 2 is 2.33 bits per heavy atom. The average molecular weight is 165 g/mol. The van der Waals surface area contributed by atoms with Gasteiger partial charge in [-0.05, 0) is 31.5 Å². The fourth-order valence-electron chi connectivity index (χ4n) is 1.58. The third kappa shape index (κ3) is 1.39. The molecule has 1 N–H and O–H groups in total. The molecule has 1 aliphatic rings. The Balaban J connectivity index is 2.04. The zero-order chi connectivity index (χ0) is 8.55. The standard InChI is InChI=1S/C10H15NO/c1-7-5-9(7)10-4-3-8(12-10)6-11-2/h3-4,7,9,11H,5-6H2,1-2H3/t7-,9-/m0/s1. The molecule has 1 aliphatic carbocycles. The van der Waals surface area contributed by atoms with Gasteiger partial charge in [-0.2, -0.15) is 0 Å². The van der Waals surface area contributed by atoms with Gasteiger partial charge in [-0.1, -0.05) is 6.92 Å². The van der Waals surface area contributed by atoms with Crippen molar-refractivity contribution in [1.29, 1.82) is 0 Å². The van der Waals surface area contributed by atoms with Crippen LogP contribution in [0.15, 0.2) is 16.5 Å². The van der Waals surface area contributed by atoms with E-state index >= 15 is 0 Å². The fraction of sp³-hybridized carbons (Fsp3) is 0.600. The lowest BCUT2D eigenvalue weighted by atomic mass is 10.3. The minimum absolute atomic E-state index is 0.704. The SMILES string of the molecule is CNCc1ccc([C@H]2C[C@@H]2C)o1. The van der Waals surface area contributed by atoms with Crippen molar-refractivity contribution in [3.63, 3.8) is 0 Å². The second-order valence-electron chi connectivity index (χ2n) is 3.65. The third-order valence-electron chi connectivity index (χ3n) is 2.51. The van der Waals surface area contributed by atoms with Gasteiger partial charge in [0.15, 0.2) is 0 Å². The highest BCUT2D eigenvalue weighted by atomic mass is 16.3. The average Bonchev–Trinajstić information content (AvgIpc) is 2.62. The first-order chi connectivity index (χ1) is 5.81. The first kappa shape index (κ1) is 7.87. The highest BCUT2D eigenvalue weighted by Gasteiger charge is 2.36. The molecule has 12 heavy (non-hydrogen) atoms. The Kier molecular flexibility index (Phi) is 1.93. The molecule has 2 atom stereocenters. The Morgan fingerprint density at radius 1 is 1.58 bits per heavy atom. The van der Waals surface area contributed by atoms with Gasteiger partial charge in [0.2, 0.25) is 0 Å². The summed E-state index contributed by atoms with van der Waals surface area (Å²) in [6.45, 7) is 3.10. The van der Waals surface area contributed by atoms with Crippen LogP contribution in [0.1, 0.15) is 30.8 Å². The van der Waals surface area contributed by atoms with E-state index in [1.807, 2.05) is 7.05 Å². The molecule has 66 valence electrons. The van der Waals surface area contributed by atoms with Crippen LogP contribution < -0.4 is 5.32 Å². The molecule has 0 aromatic carbocycles. The lowest BCUT2D eigenvalue weighted by molar-refractivity contribution is 0.452. The fourth-order valence-corrected chi connectivity index (χ4v) is 1.58. The molecule has 2 heteroatoms. The summed E-state index contributed by atoms with van der Waals surface area (Å²) in [7, 11) is 1.93. The molecule has 2 rings (SSSR count). The summed E-state index contributed by atoms with van der Waals surface area (Å²) < 4.78 is 5.66. The molecule has 0 spiro atoms. The molecular formula is C10H15NO. The molecule has 1 heterocycles. The van der Waals surface area contributed by atoms with E-state index in [1.165, 1.54) is 12.2 Å². The molecule has 1 aromatic rings. The van der Waals surface area contributed by atoms with Crippen molar-refractivity contribution in [2.45, 2.75) is 25.8 Å². The number of nitrogens with one attached hydrogen (secondary N) is 1. The van der Waals surface area contributed by atoms with E-state index in [9.17, 15) is 0 Å². The molecule has 1 saturated carbocycles. The largest absolute Gasteiger partial charge is 0.464 e. The van der Waals surface area contributed by atoms with E-state index in [1.54, 1.807) is 0 Å². The molecule has 0 radical (unpaired) electrons. The van der Waals surface area contributed by atoms with Gasteiger partial charge in [-0.25, -0.2) is 0 Å². The van der Waals surface area contributed by atoms with Gasteiger partial charge in [0.05, 0.1) is 6.54 Å². The predicted molar refractivity (Wildman–Crippen MR) is 48.0 cm³/mol. The molecule has 1 fully saturated rings. The maximum Gasteiger partial charge on any atom is 0.117 e. The van der Waals surface area contributed by atoms with Gasteiger partial charge < -0.3 is 9.73 Å². The number of rotatable bonds is 3. The van der Waals surface area contributed by atoms with E-state index in [2.05, 4.69) is 24.4 Å². The smallest absolute Gasteiger partial charge is 0.117 e. The van der Waals surface area contributed by atoms with Crippen LogP contribution in [0, 0.1) is 5.92 Å². The lowest BCUT2D eigenvalue weighted by Gasteiger charge is -1.93. The minimum atomic E-state index is 0.704. The van der Waals surface area contributed by atoms with Gasteiger partial charge in [0.25, 0.3) is 0 Å². The van der Waals surface area contributed by atoms with Gasteiger partial charge in [0.1, 0.15) is 11.5 Å². The summed E-state index contributed by atoms with van der Waals surface area (Å²) >= 11 is 0. The van der Waals surface area contributed by atoms with Crippen molar-refractivity contribution in [3.8, 4) is 0 Å². The van der Waals surface area contributed by atoms with Gasteiger partial charge in [0, 0.05) is 5.92 Å². The third-order valence-corrected chi connectivity index (χ3v) is 2.51. The van der Waals surface area contributed by atoms with E-state index in [0.717, 1.165) is 18.2 Å². The van der Waals surface area contributed by atoms with E-state index in [-0.39, 0.29) is 0 Å². The van der Waals surface area contributed by atoms with Crippen LogP contribution in [0.5, 0.6) is 0 Å². The maximum absolute atomic E-state index is 5.66. The monoisotopic (exact) mass is 165 g/mol. The highest BCUT2D eigenvalue weighted by Crippen LogP contribution is 2.47. The van der Waals surface area contributed by atoms with Crippen molar-refractivity contribution in [2.24, 2.45) is 5.92 Å².